The molecule has 0 aliphatic carbocycles. The van der Waals surface area contributed by atoms with Gasteiger partial charge in [-0.2, -0.15) is 0 Å². The van der Waals surface area contributed by atoms with Gasteiger partial charge in [-0.1, -0.05) is 17.7 Å². The second-order valence-corrected chi connectivity index (χ2v) is 12.3. The van der Waals surface area contributed by atoms with Crippen LogP contribution in [0.25, 0.3) is 10.9 Å². The smallest absolute Gasteiger partial charge is 0.410 e. The van der Waals surface area contributed by atoms with Gasteiger partial charge < -0.3 is 24.6 Å². The van der Waals surface area contributed by atoms with Crippen LogP contribution in [0, 0.1) is 15.5 Å². The maximum absolute atomic E-state index is 12.4. The molecule has 222 valence electrons. The number of ether oxygens (including phenoxy) is 2. The van der Waals surface area contributed by atoms with Gasteiger partial charge in [0.25, 0.3) is 5.69 Å². The fraction of sp³-hybridized carbons (Fsp3) is 0.333. The number of hydrogen-bond donors (Lipinski definition) is 1. The number of nitro benzene ring substituents is 1. The summed E-state index contributed by atoms with van der Waals surface area (Å²) in [6.45, 7) is 8.10. The molecule has 13 heteroatoms. The second kappa shape index (κ2) is 10.8. The topological polar surface area (TPSA) is 136 Å². The van der Waals surface area contributed by atoms with Gasteiger partial charge in [-0.05, 0) is 57.2 Å². The van der Waals surface area contributed by atoms with Crippen LogP contribution in [0.3, 0.4) is 0 Å². The average Bonchev–Trinajstić information content (AvgIpc) is 2.90. The number of carbonyl (C=O) groups is 1. The van der Waals surface area contributed by atoms with Crippen molar-refractivity contribution < 1.29 is 19.2 Å². The molecule has 2 aliphatic heterocycles. The van der Waals surface area contributed by atoms with Gasteiger partial charge >= 0.3 is 6.09 Å². The van der Waals surface area contributed by atoms with Crippen molar-refractivity contribution in [2.24, 2.45) is 5.41 Å². The Kier molecular flexibility index (Phi) is 7.17. The van der Waals surface area contributed by atoms with E-state index in [1.165, 1.54) is 12.4 Å². The molecule has 43 heavy (non-hydrogen) atoms. The zero-order valence-corrected chi connectivity index (χ0v) is 24.7. The van der Waals surface area contributed by atoms with Gasteiger partial charge in [0.15, 0.2) is 0 Å². The Morgan fingerprint density at radius 1 is 1.09 bits per heavy atom. The first kappa shape index (κ1) is 28.4. The summed E-state index contributed by atoms with van der Waals surface area (Å²) < 4.78 is 11.3. The number of pyridine rings is 1. The zero-order chi connectivity index (χ0) is 30.4. The molecule has 0 radical (unpaired) electrons. The van der Waals surface area contributed by atoms with Gasteiger partial charge in [0.2, 0.25) is 0 Å². The monoisotopic (exact) mass is 603 g/mol. The number of carbonyl (C=O) groups excluding carboxylic acids is 1. The van der Waals surface area contributed by atoms with Crippen molar-refractivity contribution in [3.8, 4) is 5.75 Å². The molecule has 1 spiro atoms. The van der Waals surface area contributed by atoms with Gasteiger partial charge in [-0.15, -0.1) is 0 Å². The number of nitrogens with one attached hydrogen (secondary N) is 1. The van der Waals surface area contributed by atoms with Crippen LogP contribution in [-0.4, -0.2) is 62.6 Å². The highest BCUT2D eigenvalue weighted by atomic mass is 35.5. The Morgan fingerprint density at radius 2 is 1.88 bits per heavy atom. The van der Waals surface area contributed by atoms with Crippen molar-refractivity contribution in [1.29, 1.82) is 0 Å². The van der Waals surface area contributed by atoms with Crippen LogP contribution in [-0.2, 0) is 11.3 Å². The Bertz CT molecular complexity index is 1700. The lowest BCUT2D eigenvalue weighted by molar-refractivity contribution is -0.384. The number of likely N-dealkylation sites (tertiary alicyclic amines) is 1. The predicted molar refractivity (Wildman–Crippen MR) is 162 cm³/mol. The van der Waals surface area contributed by atoms with E-state index in [9.17, 15) is 14.9 Å². The molecule has 0 saturated carbocycles. The van der Waals surface area contributed by atoms with Gasteiger partial charge in [-0.25, -0.2) is 14.8 Å². The summed E-state index contributed by atoms with van der Waals surface area (Å²) in [5, 5.41) is 16.3. The molecule has 2 aromatic carbocycles. The Balaban J connectivity index is 1.17. The van der Waals surface area contributed by atoms with Gasteiger partial charge in [0.1, 0.15) is 35.8 Å². The molecule has 0 atom stereocenters. The number of aromatic nitrogens is 3. The van der Waals surface area contributed by atoms with Gasteiger partial charge in [-0.3, -0.25) is 15.1 Å². The van der Waals surface area contributed by atoms with Crippen molar-refractivity contribution in [3.63, 3.8) is 0 Å². The summed E-state index contributed by atoms with van der Waals surface area (Å²) in [6.07, 6.45) is 2.77. The summed E-state index contributed by atoms with van der Waals surface area (Å²) in [5.41, 5.74) is 1.76. The molecular formula is C30H30ClN7O5. The third-order valence-corrected chi connectivity index (χ3v) is 7.62. The van der Waals surface area contributed by atoms with E-state index in [4.69, 9.17) is 21.1 Å². The quantitative estimate of drug-likeness (QED) is 0.199. The molecule has 2 aromatic heterocycles. The standard InChI is InChI=1S/C30H30ClN7O5/c1-29(2,3)43-28(39)37-16-30(17-37)14-36(15-30)24-12-23-21(11-25(24)38(40)41)27(34-18-33-23)35-19-7-8-26(22(31)10-19)42-13-20-6-4-5-9-32-20/h4-12,18H,13-17H2,1-3H3,(H,33,34,35). The number of nitrogens with zero attached hydrogens (tertiary/aromatic N) is 6. The molecule has 2 fully saturated rings. The second-order valence-electron chi connectivity index (χ2n) is 11.9. The predicted octanol–water partition coefficient (Wildman–Crippen LogP) is 5.97. The minimum absolute atomic E-state index is 0.0418. The number of rotatable bonds is 7. The summed E-state index contributed by atoms with van der Waals surface area (Å²) in [7, 11) is 0. The third kappa shape index (κ3) is 5.96. The minimum atomic E-state index is -0.558. The fourth-order valence-electron chi connectivity index (χ4n) is 5.40. The van der Waals surface area contributed by atoms with E-state index in [-0.39, 0.29) is 23.8 Å². The first-order valence-corrected chi connectivity index (χ1v) is 14.1. The average molecular weight is 604 g/mol. The van der Waals surface area contributed by atoms with Crippen LogP contribution >= 0.6 is 11.6 Å². The number of halogens is 1. The minimum Gasteiger partial charge on any atom is -0.486 e. The van der Waals surface area contributed by atoms with E-state index in [0.717, 1.165) is 5.69 Å². The highest BCUT2D eigenvalue weighted by molar-refractivity contribution is 6.32. The number of hydrogen-bond acceptors (Lipinski definition) is 10. The molecular weight excluding hydrogens is 574 g/mol. The molecule has 6 rings (SSSR count). The van der Waals surface area contributed by atoms with E-state index in [1.54, 1.807) is 35.4 Å². The van der Waals surface area contributed by atoms with Crippen molar-refractivity contribution in [2.45, 2.75) is 33.0 Å². The number of anilines is 3. The summed E-state index contributed by atoms with van der Waals surface area (Å²) in [5.74, 6) is 0.906. The molecule has 1 N–H and O–H groups in total. The highest BCUT2D eigenvalue weighted by Crippen LogP contribution is 2.46. The molecule has 0 bridgehead atoms. The molecule has 4 aromatic rings. The first-order valence-electron chi connectivity index (χ1n) is 13.7. The van der Waals surface area contributed by atoms with E-state index >= 15 is 0 Å². The van der Waals surface area contributed by atoms with E-state index in [1.807, 2.05) is 43.9 Å². The fourth-order valence-corrected chi connectivity index (χ4v) is 5.64. The van der Waals surface area contributed by atoms with Crippen LogP contribution < -0.4 is 15.0 Å². The Labute approximate surface area is 252 Å². The molecule has 0 unspecified atom stereocenters. The van der Waals surface area contributed by atoms with Crippen LogP contribution in [0.15, 0.2) is 61.1 Å². The third-order valence-electron chi connectivity index (χ3n) is 7.32. The largest absolute Gasteiger partial charge is 0.486 e. The van der Waals surface area contributed by atoms with Crippen LogP contribution in [0.5, 0.6) is 5.75 Å². The van der Waals surface area contributed by atoms with E-state index in [2.05, 4.69) is 20.3 Å². The molecule has 2 aliphatic rings. The maximum Gasteiger partial charge on any atom is 0.410 e. The van der Waals surface area contributed by atoms with Crippen molar-refractivity contribution >= 4 is 51.5 Å². The van der Waals surface area contributed by atoms with Gasteiger partial charge in [0.05, 0.1) is 21.2 Å². The highest BCUT2D eigenvalue weighted by Gasteiger charge is 2.55. The number of amides is 1. The summed E-state index contributed by atoms with van der Waals surface area (Å²) >= 11 is 6.48. The summed E-state index contributed by atoms with van der Waals surface area (Å²) in [4.78, 5) is 40.7. The van der Waals surface area contributed by atoms with Gasteiger partial charge in [0, 0.05) is 54.9 Å². The van der Waals surface area contributed by atoms with Crippen molar-refractivity contribution in [3.05, 3.63) is 81.9 Å². The normalized spacial score (nSPS) is 15.5. The first-order chi connectivity index (χ1) is 20.5. The van der Waals surface area contributed by atoms with Crippen molar-refractivity contribution in [2.75, 3.05) is 36.4 Å². The Hall–Kier alpha value is -4.71. The molecule has 4 heterocycles. The number of nitro groups is 1. The van der Waals surface area contributed by atoms with Crippen LogP contribution in [0.2, 0.25) is 5.02 Å². The lowest BCUT2D eigenvalue weighted by Crippen LogP contribution is -2.73. The number of fused-ring (bicyclic) bond motifs is 1. The summed E-state index contributed by atoms with van der Waals surface area (Å²) in [6, 6.07) is 14.0. The molecule has 2 saturated heterocycles. The van der Waals surface area contributed by atoms with E-state index in [0.29, 0.717) is 65.0 Å². The zero-order valence-electron chi connectivity index (χ0n) is 23.9. The van der Waals surface area contributed by atoms with Crippen LogP contribution in [0.1, 0.15) is 26.5 Å². The lowest BCUT2D eigenvalue weighted by Gasteiger charge is -2.60. The maximum atomic E-state index is 12.4. The molecule has 1 amide bonds. The van der Waals surface area contributed by atoms with Crippen molar-refractivity contribution in [1.82, 2.24) is 19.9 Å². The SMILES string of the molecule is CC(C)(C)OC(=O)N1CC2(C1)CN(c1cc3ncnc(Nc4ccc(OCc5ccccn5)c(Cl)c4)c3cc1[N+](=O)[O-])C2. The van der Waals surface area contributed by atoms with E-state index < -0.39 is 10.5 Å². The molecule has 12 nitrogen and oxygen atoms in total. The van der Waals surface area contributed by atoms with Crippen LogP contribution in [0.4, 0.5) is 27.7 Å². The number of benzene rings is 2. The Morgan fingerprint density at radius 3 is 2.56 bits per heavy atom. The lowest BCUT2D eigenvalue weighted by atomic mass is 9.72.